The van der Waals surface area contributed by atoms with Crippen LogP contribution in [-0.4, -0.2) is 31.1 Å². The number of rotatable bonds is 7. The number of carbonyl (C=O) groups excluding carboxylic acids is 1. The number of nitrogens with zero attached hydrogens (tertiary/aromatic N) is 2. The number of ether oxygens (including phenoxy) is 1. The average molecular weight is 424 g/mol. The van der Waals surface area contributed by atoms with Crippen LogP contribution in [0.5, 0.6) is 5.75 Å². The fourth-order valence-corrected chi connectivity index (χ4v) is 3.14. The molecule has 1 amide bonds. The molecule has 7 nitrogen and oxygen atoms in total. The molecule has 0 aliphatic carbocycles. The number of para-hydroxylation sites is 1. The van der Waals surface area contributed by atoms with Crippen molar-refractivity contribution in [1.82, 2.24) is 9.78 Å². The van der Waals surface area contributed by atoms with Gasteiger partial charge in [0, 0.05) is 11.3 Å². The van der Waals surface area contributed by atoms with Crippen LogP contribution in [0.3, 0.4) is 0 Å². The fraction of sp³-hybridized carbons (Fsp3) is 0.111. The Labute approximate surface area is 165 Å². The molecule has 0 saturated heterocycles. The van der Waals surface area contributed by atoms with Gasteiger partial charge in [-0.2, -0.15) is 13.9 Å². The fourth-order valence-electron chi connectivity index (χ4n) is 2.59. The van der Waals surface area contributed by atoms with Crippen LogP contribution in [0.2, 0.25) is 0 Å². The molecule has 0 aliphatic heterocycles. The topological polar surface area (TPSA) is 96.3 Å². The zero-order valence-corrected chi connectivity index (χ0v) is 15.4. The van der Waals surface area contributed by atoms with Crippen LogP contribution in [-0.2, 0) is 22.3 Å². The van der Waals surface area contributed by atoms with Gasteiger partial charge in [-0.25, -0.2) is 9.07 Å². The summed E-state index contributed by atoms with van der Waals surface area (Å²) < 4.78 is 66.6. The molecule has 0 aliphatic rings. The summed E-state index contributed by atoms with van der Waals surface area (Å²) in [6.07, 6.45) is 1.65. The van der Waals surface area contributed by atoms with Crippen molar-refractivity contribution < 1.29 is 31.5 Å². The Hall–Kier alpha value is -3.18. The Kier molecular flexibility index (Phi) is 6.29. The molecule has 1 N–H and O–H groups in total. The van der Waals surface area contributed by atoms with E-state index in [4.69, 9.17) is 0 Å². The SMILES string of the molecule is O=C(Cc1ccccc1OC(F)F)Nc1ccc(-n2cc(F)cn2)c(S(=O)[O-])c1. The molecule has 0 radical (unpaired) electrons. The van der Waals surface area contributed by atoms with E-state index in [2.05, 4.69) is 15.2 Å². The van der Waals surface area contributed by atoms with Gasteiger partial charge in [0.1, 0.15) is 5.75 Å². The number of hydrogen-bond acceptors (Lipinski definition) is 5. The van der Waals surface area contributed by atoms with E-state index in [-0.39, 0.29) is 34.0 Å². The number of benzene rings is 2. The third kappa shape index (κ3) is 5.21. The largest absolute Gasteiger partial charge is 0.768 e. The Balaban J connectivity index is 1.79. The first kappa shape index (κ1) is 20.6. The molecule has 152 valence electrons. The molecule has 0 fully saturated rings. The number of anilines is 1. The van der Waals surface area contributed by atoms with Crippen molar-refractivity contribution in [3.63, 3.8) is 0 Å². The van der Waals surface area contributed by atoms with Crippen LogP contribution in [0.1, 0.15) is 5.56 Å². The van der Waals surface area contributed by atoms with E-state index >= 15 is 0 Å². The summed E-state index contributed by atoms with van der Waals surface area (Å²) in [6, 6.07) is 9.77. The van der Waals surface area contributed by atoms with Crippen molar-refractivity contribution in [2.75, 3.05) is 5.32 Å². The molecule has 0 saturated carbocycles. The van der Waals surface area contributed by atoms with Crippen LogP contribution in [0, 0.1) is 5.82 Å². The first-order chi connectivity index (χ1) is 13.8. The highest BCUT2D eigenvalue weighted by atomic mass is 32.2. The Morgan fingerprint density at radius 1 is 1.28 bits per heavy atom. The van der Waals surface area contributed by atoms with Gasteiger partial charge in [-0.15, -0.1) is 0 Å². The van der Waals surface area contributed by atoms with Gasteiger partial charge in [0.15, 0.2) is 5.82 Å². The van der Waals surface area contributed by atoms with Gasteiger partial charge in [-0.3, -0.25) is 9.00 Å². The number of carbonyl (C=O) groups is 1. The van der Waals surface area contributed by atoms with E-state index in [1.165, 1.54) is 36.4 Å². The number of alkyl halides is 2. The van der Waals surface area contributed by atoms with E-state index in [0.717, 1.165) is 17.1 Å². The number of amides is 1. The van der Waals surface area contributed by atoms with Gasteiger partial charge in [0.25, 0.3) is 0 Å². The van der Waals surface area contributed by atoms with Crippen LogP contribution in [0.25, 0.3) is 5.69 Å². The quantitative estimate of drug-likeness (QED) is 0.588. The first-order valence-corrected chi connectivity index (χ1v) is 9.17. The predicted octanol–water partition coefficient (Wildman–Crippen LogP) is 3.03. The van der Waals surface area contributed by atoms with Crippen LogP contribution < -0.4 is 10.1 Å². The van der Waals surface area contributed by atoms with Gasteiger partial charge in [0.05, 0.1) is 29.4 Å². The van der Waals surface area contributed by atoms with E-state index < -0.39 is 29.4 Å². The number of halogens is 3. The summed E-state index contributed by atoms with van der Waals surface area (Å²) in [5, 5.41) is 6.21. The minimum atomic E-state index is -3.03. The van der Waals surface area contributed by atoms with Crippen LogP contribution >= 0.6 is 0 Å². The summed E-state index contributed by atoms with van der Waals surface area (Å²) in [4.78, 5) is 12.1. The Morgan fingerprint density at radius 3 is 2.69 bits per heavy atom. The highest BCUT2D eigenvalue weighted by Crippen LogP contribution is 2.24. The number of aromatic nitrogens is 2. The highest BCUT2D eigenvalue weighted by molar-refractivity contribution is 7.79. The molecule has 0 spiro atoms. The molecule has 0 bridgehead atoms. The molecular formula is C18H13F3N3O4S-. The van der Waals surface area contributed by atoms with E-state index in [9.17, 15) is 26.7 Å². The Bertz CT molecular complexity index is 1060. The second kappa shape index (κ2) is 8.88. The predicted molar refractivity (Wildman–Crippen MR) is 96.1 cm³/mol. The lowest BCUT2D eigenvalue weighted by Gasteiger charge is -2.15. The molecule has 1 unspecified atom stereocenters. The standard InChI is InChI=1S/C18H14F3N3O4S/c19-12-9-22-24(10-12)14-6-5-13(8-16(14)29(26)27)23-17(25)7-11-3-1-2-4-15(11)28-18(20)21/h1-6,8-10,18H,7H2,(H,23,25)(H,26,27)/p-1. The van der Waals surface area contributed by atoms with Crippen molar-refractivity contribution >= 4 is 22.7 Å². The molecular weight excluding hydrogens is 411 g/mol. The Morgan fingerprint density at radius 2 is 2.03 bits per heavy atom. The summed E-state index contributed by atoms with van der Waals surface area (Å²) >= 11 is -2.69. The number of hydrogen-bond donors (Lipinski definition) is 1. The van der Waals surface area contributed by atoms with E-state index in [1.807, 2.05) is 0 Å². The lowest BCUT2D eigenvalue weighted by molar-refractivity contribution is -0.115. The van der Waals surface area contributed by atoms with Gasteiger partial charge in [-0.05, 0) is 35.3 Å². The summed E-state index contributed by atoms with van der Waals surface area (Å²) in [6.45, 7) is -3.03. The van der Waals surface area contributed by atoms with Crippen molar-refractivity contribution in [2.45, 2.75) is 17.9 Å². The van der Waals surface area contributed by atoms with Crippen molar-refractivity contribution in [1.29, 1.82) is 0 Å². The lowest BCUT2D eigenvalue weighted by Crippen LogP contribution is -2.16. The van der Waals surface area contributed by atoms with Gasteiger partial charge < -0.3 is 14.6 Å². The van der Waals surface area contributed by atoms with Crippen LogP contribution in [0.4, 0.5) is 18.9 Å². The molecule has 11 heteroatoms. The highest BCUT2D eigenvalue weighted by Gasteiger charge is 2.14. The second-order valence-corrected chi connectivity index (χ2v) is 6.64. The summed E-state index contributed by atoms with van der Waals surface area (Å²) in [7, 11) is 0. The normalized spacial score (nSPS) is 12.0. The monoisotopic (exact) mass is 424 g/mol. The first-order valence-electron chi connectivity index (χ1n) is 8.10. The molecule has 1 atom stereocenters. The molecule has 3 aromatic rings. The lowest BCUT2D eigenvalue weighted by atomic mass is 10.1. The zero-order valence-electron chi connectivity index (χ0n) is 14.6. The van der Waals surface area contributed by atoms with Gasteiger partial charge in [-0.1, -0.05) is 18.2 Å². The third-order valence-corrected chi connectivity index (χ3v) is 4.45. The molecule has 2 aromatic carbocycles. The summed E-state index contributed by atoms with van der Waals surface area (Å²) in [5.41, 5.74) is 0.482. The maximum atomic E-state index is 13.2. The summed E-state index contributed by atoms with van der Waals surface area (Å²) in [5.74, 6) is -1.35. The van der Waals surface area contributed by atoms with Crippen molar-refractivity contribution in [3.8, 4) is 11.4 Å². The average Bonchev–Trinajstić information content (AvgIpc) is 3.09. The molecule has 1 heterocycles. The maximum absolute atomic E-state index is 13.2. The smallest absolute Gasteiger partial charge is 0.387 e. The minimum Gasteiger partial charge on any atom is -0.768 e. The van der Waals surface area contributed by atoms with Gasteiger partial charge in [0.2, 0.25) is 5.91 Å². The second-order valence-electron chi connectivity index (χ2n) is 5.73. The van der Waals surface area contributed by atoms with Crippen LogP contribution in [0.15, 0.2) is 59.8 Å². The van der Waals surface area contributed by atoms with E-state index in [0.29, 0.717) is 0 Å². The third-order valence-electron chi connectivity index (χ3n) is 3.76. The van der Waals surface area contributed by atoms with E-state index in [1.54, 1.807) is 6.07 Å². The number of nitrogens with one attached hydrogen (secondary N) is 1. The molecule has 1 aromatic heterocycles. The van der Waals surface area contributed by atoms with Crippen molar-refractivity contribution in [2.24, 2.45) is 0 Å². The molecule has 3 rings (SSSR count). The van der Waals surface area contributed by atoms with Crippen molar-refractivity contribution in [3.05, 3.63) is 66.2 Å². The minimum absolute atomic E-state index is 0.0934. The molecule has 29 heavy (non-hydrogen) atoms. The maximum Gasteiger partial charge on any atom is 0.387 e. The zero-order chi connectivity index (χ0) is 21.0. The van der Waals surface area contributed by atoms with Gasteiger partial charge >= 0.3 is 6.61 Å².